The van der Waals surface area contributed by atoms with E-state index in [4.69, 9.17) is 9.47 Å². The minimum absolute atomic E-state index is 0.143. The van der Waals surface area contributed by atoms with E-state index in [1.807, 2.05) is 30.3 Å². The highest BCUT2D eigenvalue weighted by Crippen LogP contribution is 2.46. The number of nitrogens with zero attached hydrogens (tertiary/aromatic N) is 1. The van der Waals surface area contributed by atoms with Crippen LogP contribution in [-0.2, 0) is 9.53 Å². The number of anilines is 1. The summed E-state index contributed by atoms with van der Waals surface area (Å²) < 4.78 is 38.3. The molecule has 2 aliphatic rings. The molecule has 0 radical (unpaired) electrons. The van der Waals surface area contributed by atoms with Gasteiger partial charge in [0, 0.05) is 5.69 Å². The fourth-order valence-corrected chi connectivity index (χ4v) is 6.21. The average Bonchev–Trinajstić information content (AvgIpc) is 3.08. The SMILES string of the molecule is O=C1C(CCC(O)c2ccc(F)cc2)C(c2ccc(-c3cccc(O[C@H]4O[C@H](CO)[C@@H](O)[C@H](O)[C@H]4O)c3)cc2)N1c1ccc(F)cc1. The number of amides is 1. The maximum Gasteiger partial charge on any atom is 0.233 e. The van der Waals surface area contributed by atoms with Crippen LogP contribution >= 0.6 is 0 Å². The number of ether oxygens (including phenoxy) is 2. The second kappa shape index (κ2) is 13.9. The predicted molar refractivity (Wildman–Crippen MR) is 167 cm³/mol. The molecule has 0 saturated carbocycles. The van der Waals surface area contributed by atoms with Crippen LogP contribution < -0.4 is 9.64 Å². The first-order chi connectivity index (χ1) is 22.6. The Balaban J connectivity index is 1.20. The Bertz CT molecular complexity index is 1670. The van der Waals surface area contributed by atoms with Gasteiger partial charge in [-0.25, -0.2) is 8.78 Å². The molecule has 0 bridgehead atoms. The fraction of sp³-hybridized carbons (Fsp3) is 0.306. The Morgan fingerprint density at radius 2 is 1.47 bits per heavy atom. The third-order valence-electron chi connectivity index (χ3n) is 8.84. The van der Waals surface area contributed by atoms with Gasteiger partial charge in [-0.2, -0.15) is 0 Å². The molecule has 0 aliphatic carbocycles. The van der Waals surface area contributed by atoms with Gasteiger partial charge in [0.15, 0.2) is 0 Å². The number of β-lactam (4-membered cyclic amide) rings is 1. The summed E-state index contributed by atoms with van der Waals surface area (Å²) in [5, 5.41) is 50.7. The minimum atomic E-state index is -1.57. The maximum atomic E-state index is 13.7. The molecule has 3 unspecified atom stereocenters. The van der Waals surface area contributed by atoms with Crippen LogP contribution in [0.5, 0.6) is 5.75 Å². The van der Waals surface area contributed by atoms with Gasteiger partial charge in [-0.05, 0) is 83.6 Å². The number of rotatable bonds is 10. The van der Waals surface area contributed by atoms with Gasteiger partial charge in [0.1, 0.15) is 41.8 Å². The first-order valence-electron chi connectivity index (χ1n) is 15.3. The number of carbonyl (C=O) groups is 1. The smallest absolute Gasteiger partial charge is 0.233 e. The Morgan fingerprint density at radius 1 is 0.809 bits per heavy atom. The number of aliphatic hydroxyl groups excluding tert-OH is 5. The van der Waals surface area contributed by atoms with Gasteiger partial charge in [0.25, 0.3) is 0 Å². The molecule has 4 aromatic rings. The van der Waals surface area contributed by atoms with E-state index in [9.17, 15) is 39.1 Å². The summed E-state index contributed by atoms with van der Waals surface area (Å²) in [4.78, 5) is 15.1. The van der Waals surface area contributed by atoms with Gasteiger partial charge < -0.3 is 39.9 Å². The van der Waals surface area contributed by atoms with Gasteiger partial charge in [0.05, 0.1) is 24.7 Å². The van der Waals surface area contributed by atoms with Crippen LogP contribution in [0.15, 0.2) is 97.1 Å². The molecular weight excluding hydrogens is 612 g/mol. The van der Waals surface area contributed by atoms with E-state index >= 15 is 0 Å². The van der Waals surface area contributed by atoms with Gasteiger partial charge in [0.2, 0.25) is 12.2 Å². The van der Waals surface area contributed by atoms with E-state index in [1.165, 1.54) is 36.4 Å². The van der Waals surface area contributed by atoms with Crippen molar-refractivity contribution in [2.24, 2.45) is 5.92 Å². The van der Waals surface area contributed by atoms with Crippen LogP contribution in [0.3, 0.4) is 0 Å². The second-order valence-corrected chi connectivity index (χ2v) is 11.8. The molecule has 2 heterocycles. The number of hydrogen-bond donors (Lipinski definition) is 5. The van der Waals surface area contributed by atoms with E-state index in [2.05, 4.69) is 0 Å². The standard InChI is InChI=1S/C36H35F2NO8/c37-24-10-8-21(9-11-24)29(41)17-16-28-31(39(35(28)45)26-14-12-25(38)13-15-26)22-6-4-20(5-7-22)23-2-1-3-27(18-23)46-36-34(44)33(43)32(42)30(19-40)47-36/h1-15,18,28-34,36,40-44H,16-17,19H2/t28?,29?,30-,31?,32-,33+,34-,36+/m1/s1. The summed E-state index contributed by atoms with van der Waals surface area (Å²) in [6.45, 7) is -0.571. The number of aliphatic hydroxyl groups is 5. The quantitative estimate of drug-likeness (QED) is 0.163. The molecule has 1 amide bonds. The zero-order chi connectivity index (χ0) is 33.2. The summed E-state index contributed by atoms with van der Waals surface area (Å²) in [5.41, 5.74) is 3.53. The van der Waals surface area contributed by atoms with Crippen molar-refractivity contribution in [3.63, 3.8) is 0 Å². The van der Waals surface area contributed by atoms with Crippen LogP contribution in [0, 0.1) is 17.6 Å². The van der Waals surface area contributed by atoms with Crippen LogP contribution in [0.25, 0.3) is 11.1 Å². The molecule has 11 heteroatoms. The van der Waals surface area contributed by atoms with Crippen molar-refractivity contribution >= 4 is 11.6 Å². The highest BCUT2D eigenvalue weighted by Gasteiger charge is 2.48. The third kappa shape index (κ3) is 6.77. The van der Waals surface area contributed by atoms with Crippen LogP contribution in [0.1, 0.15) is 36.1 Å². The Labute approximate surface area is 269 Å². The van der Waals surface area contributed by atoms with Gasteiger partial charge in [-0.3, -0.25) is 4.79 Å². The average molecular weight is 648 g/mol. The molecule has 6 rings (SSSR count). The number of carbonyl (C=O) groups excluding carboxylic acids is 1. The van der Waals surface area contributed by atoms with Crippen molar-refractivity contribution in [3.8, 4) is 16.9 Å². The lowest BCUT2D eigenvalue weighted by Gasteiger charge is -2.48. The zero-order valence-corrected chi connectivity index (χ0v) is 25.1. The van der Waals surface area contributed by atoms with Crippen molar-refractivity contribution in [2.75, 3.05) is 11.5 Å². The summed E-state index contributed by atoms with van der Waals surface area (Å²) >= 11 is 0. The van der Waals surface area contributed by atoms with Gasteiger partial charge >= 0.3 is 0 Å². The topological polar surface area (TPSA) is 140 Å². The molecule has 8 atom stereocenters. The van der Waals surface area contributed by atoms with Crippen molar-refractivity contribution in [1.29, 1.82) is 0 Å². The number of halogens is 2. The molecule has 4 aromatic carbocycles. The largest absolute Gasteiger partial charge is 0.462 e. The van der Waals surface area contributed by atoms with Crippen LogP contribution in [0.2, 0.25) is 0 Å². The van der Waals surface area contributed by atoms with E-state index in [1.54, 1.807) is 35.2 Å². The lowest BCUT2D eigenvalue weighted by molar-refractivity contribution is -0.277. The molecule has 2 fully saturated rings. The molecule has 47 heavy (non-hydrogen) atoms. The molecule has 0 aromatic heterocycles. The lowest BCUT2D eigenvalue weighted by Crippen LogP contribution is -2.60. The van der Waals surface area contributed by atoms with E-state index < -0.39 is 61.0 Å². The monoisotopic (exact) mass is 647 g/mol. The predicted octanol–water partition coefficient (Wildman–Crippen LogP) is 4.03. The summed E-state index contributed by atoms with van der Waals surface area (Å²) in [6, 6.07) is 25.5. The Morgan fingerprint density at radius 3 is 2.13 bits per heavy atom. The number of benzene rings is 4. The summed E-state index contributed by atoms with van der Waals surface area (Å²) in [7, 11) is 0. The molecule has 2 saturated heterocycles. The number of hydrogen-bond acceptors (Lipinski definition) is 8. The molecular formula is C36H35F2NO8. The van der Waals surface area contributed by atoms with Crippen molar-refractivity contribution in [1.82, 2.24) is 0 Å². The van der Waals surface area contributed by atoms with E-state index in [-0.39, 0.29) is 18.4 Å². The van der Waals surface area contributed by atoms with E-state index in [0.29, 0.717) is 23.4 Å². The molecule has 2 aliphatic heterocycles. The molecule has 9 nitrogen and oxygen atoms in total. The lowest BCUT2D eigenvalue weighted by atomic mass is 9.78. The van der Waals surface area contributed by atoms with Gasteiger partial charge in [-0.15, -0.1) is 0 Å². The van der Waals surface area contributed by atoms with E-state index in [0.717, 1.165) is 16.7 Å². The van der Waals surface area contributed by atoms with Crippen LogP contribution in [-0.4, -0.2) is 68.8 Å². The molecule has 0 spiro atoms. The Kier molecular flexibility index (Phi) is 9.65. The Hall–Kier alpha value is -4.23. The maximum absolute atomic E-state index is 13.7. The highest BCUT2D eigenvalue weighted by atomic mass is 19.1. The van der Waals surface area contributed by atoms with Crippen molar-refractivity contribution < 1.29 is 48.6 Å². The van der Waals surface area contributed by atoms with Crippen molar-refractivity contribution in [2.45, 2.75) is 55.7 Å². The molecule has 246 valence electrons. The minimum Gasteiger partial charge on any atom is -0.462 e. The second-order valence-electron chi connectivity index (χ2n) is 11.8. The summed E-state index contributed by atoms with van der Waals surface area (Å²) in [5.74, 6) is -1.09. The fourth-order valence-electron chi connectivity index (χ4n) is 6.21. The van der Waals surface area contributed by atoms with Crippen molar-refractivity contribution in [3.05, 3.63) is 120 Å². The molecule has 5 N–H and O–H groups in total. The zero-order valence-electron chi connectivity index (χ0n) is 25.1. The first kappa shape index (κ1) is 32.7. The third-order valence-corrected chi connectivity index (χ3v) is 8.84. The summed E-state index contributed by atoms with van der Waals surface area (Å²) in [6.07, 6.45) is -7.24. The van der Waals surface area contributed by atoms with Crippen LogP contribution in [0.4, 0.5) is 14.5 Å². The first-order valence-corrected chi connectivity index (χ1v) is 15.3. The highest BCUT2D eigenvalue weighted by molar-refractivity contribution is 6.03. The van der Waals surface area contributed by atoms with Gasteiger partial charge in [-0.1, -0.05) is 48.5 Å². The normalized spacial score (nSPS) is 26.5.